The van der Waals surface area contributed by atoms with Crippen LogP contribution in [0, 0.1) is 6.92 Å². The number of benzene rings is 1. The van der Waals surface area contributed by atoms with Crippen LogP contribution in [0.2, 0.25) is 0 Å². The number of carbonyl (C=O) groups excluding carboxylic acids is 1. The molecule has 0 radical (unpaired) electrons. The Balaban J connectivity index is 2.01. The van der Waals surface area contributed by atoms with Gasteiger partial charge in [-0.3, -0.25) is 4.79 Å². The first-order chi connectivity index (χ1) is 9.70. The van der Waals surface area contributed by atoms with E-state index in [1.165, 1.54) is 0 Å². The van der Waals surface area contributed by atoms with Gasteiger partial charge < -0.3 is 10.6 Å². The Labute approximate surface area is 123 Å². The minimum absolute atomic E-state index is 0.0722. The zero-order valence-corrected chi connectivity index (χ0v) is 12.6. The van der Waals surface area contributed by atoms with Crippen molar-refractivity contribution >= 4 is 22.9 Å². The molecule has 2 rings (SSSR count). The lowest BCUT2D eigenvalue weighted by molar-refractivity contribution is 0.0951. The van der Waals surface area contributed by atoms with Gasteiger partial charge >= 0.3 is 0 Å². The minimum atomic E-state index is -0.0722. The lowest BCUT2D eigenvalue weighted by Crippen LogP contribution is -2.24. The number of nitrogens with zero attached hydrogens (tertiary/aromatic N) is 1. The van der Waals surface area contributed by atoms with Gasteiger partial charge in [0, 0.05) is 23.3 Å². The van der Waals surface area contributed by atoms with Crippen LogP contribution in [-0.4, -0.2) is 17.4 Å². The molecule has 0 aliphatic rings. The first-order valence-electron chi connectivity index (χ1n) is 6.72. The number of thiazole rings is 1. The summed E-state index contributed by atoms with van der Waals surface area (Å²) in [6.45, 7) is 5.38. The Morgan fingerprint density at radius 3 is 2.85 bits per heavy atom. The Morgan fingerprint density at radius 1 is 1.35 bits per heavy atom. The van der Waals surface area contributed by atoms with Crippen LogP contribution in [0.25, 0.3) is 0 Å². The maximum Gasteiger partial charge on any atom is 0.253 e. The molecule has 0 bridgehead atoms. The summed E-state index contributed by atoms with van der Waals surface area (Å²) in [6.07, 6.45) is 1.02. The van der Waals surface area contributed by atoms with Crippen molar-refractivity contribution in [1.82, 2.24) is 10.3 Å². The monoisotopic (exact) mass is 289 g/mol. The van der Waals surface area contributed by atoms with Crippen LogP contribution in [0.15, 0.2) is 29.6 Å². The number of para-hydroxylation sites is 1. The van der Waals surface area contributed by atoms with E-state index in [-0.39, 0.29) is 5.91 Å². The Kier molecular flexibility index (Phi) is 5.12. The Hall–Kier alpha value is -1.88. The normalized spacial score (nSPS) is 10.3. The molecule has 1 aromatic carbocycles. The van der Waals surface area contributed by atoms with Crippen molar-refractivity contribution < 1.29 is 4.79 Å². The van der Waals surface area contributed by atoms with Gasteiger partial charge in [0.1, 0.15) is 5.01 Å². The van der Waals surface area contributed by atoms with E-state index < -0.39 is 0 Å². The summed E-state index contributed by atoms with van der Waals surface area (Å²) in [6, 6.07) is 7.57. The highest BCUT2D eigenvalue weighted by molar-refractivity contribution is 7.09. The quantitative estimate of drug-likeness (QED) is 0.858. The highest BCUT2D eigenvalue weighted by Gasteiger charge is 2.10. The molecule has 0 saturated heterocycles. The second kappa shape index (κ2) is 7.05. The zero-order valence-electron chi connectivity index (χ0n) is 11.8. The van der Waals surface area contributed by atoms with E-state index in [2.05, 4.69) is 22.5 Å². The Bertz CT molecular complexity index is 580. The molecule has 4 nitrogen and oxygen atoms in total. The molecule has 0 spiro atoms. The zero-order chi connectivity index (χ0) is 14.4. The average molecular weight is 289 g/mol. The average Bonchev–Trinajstić information content (AvgIpc) is 2.88. The molecule has 106 valence electrons. The van der Waals surface area contributed by atoms with Crippen molar-refractivity contribution in [2.45, 2.75) is 26.8 Å². The van der Waals surface area contributed by atoms with Gasteiger partial charge in [-0.05, 0) is 25.5 Å². The van der Waals surface area contributed by atoms with E-state index in [9.17, 15) is 4.79 Å². The molecule has 0 atom stereocenters. The van der Waals surface area contributed by atoms with Crippen molar-refractivity contribution in [3.8, 4) is 0 Å². The molecule has 0 saturated carbocycles. The molecule has 2 aromatic rings. The van der Waals surface area contributed by atoms with Crippen molar-refractivity contribution in [1.29, 1.82) is 0 Å². The Morgan fingerprint density at radius 2 is 2.15 bits per heavy atom. The third kappa shape index (κ3) is 3.81. The van der Waals surface area contributed by atoms with Gasteiger partial charge in [0.15, 0.2) is 0 Å². The van der Waals surface area contributed by atoms with Crippen molar-refractivity contribution in [2.75, 3.05) is 11.9 Å². The molecule has 1 amide bonds. The van der Waals surface area contributed by atoms with Gasteiger partial charge in [0.25, 0.3) is 5.91 Å². The van der Waals surface area contributed by atoms with E-state index in [4.69, 9.17) is 0 Å². The van der Waals surface area contributed by atoms with Crippen LogP contribution in [0.1, 0.15) is 34.4 Å². The number of rotatable bonds is 6. The fraction of sp³-hybridized carbons (Fsp3) is 0.333. The lowest BCUT2D eigenvalue weighted by atomic mass is 10.1. The van der Waals surface area contributed by atoms with E-state index in [0.29, 0.717) is 12.1 Å². The van der Waals surface area contributed by atoms with Gasteiger partial charge in [-0.2, -0.15) is 0 Å². The molecular weight excluding hydrogens is 270 g/mol. The van der Waals surface area contributed by atoms with Gasteiger partial charge in [0.05, 0.1) is 12.1 Å². The molecule has 2 N–H and O–H groups in total. The summed E-state index contributed by atoms with van der Waals surface area (Å²) in [5, 5.41) is 9.10. The number of nitrogens with one attached hydrogen (secondary N) is 2. The van der Waals surface area contributed by atoms with Gasteiger partial charge in [-0.25, -0.2) is 4.98 Å². The number of aromatic nitrogens is 1. The number of amides is 1. The molecule has 20 heavy (non-hydrogen) atoms. The third-order valence-corrected chi connectivity index (χ3v) is 3.77. The van der Waals surface area contributed by atoms with Gasteiger partial charge in [0.2, 0.25) is 0 Å². The largest absolute Gasteiger partial charge is 0.384 e. The summed E-state index contributed by atoms with van der Waals surface area (Å²) in [4.78, 5) is 16.6. The summed E-state index contributed by atoms with van der Waals surface area (Å²) in [5.41, 5.74) is 2.54. The van der Waals surface area contributed by atoms with Crippen LogP contribution in [-0.2, 0) is 6.54 Å². The maximum absolute atomic E-state index is 12.2. The van der Waals surface area contributed by atoms with E-state index in [0.717, 1.165) is 29.4 Å². The van der Waals surface area contributed by atoms with Gasteiger partial charge in [-0.1, -0.05) is 19.1 Å². The van der Waals surface area contributed by atoms with E-state index in [1.807, 2.05) is 36.6 Å². The SMILES string of the molecule is CCCNc1ccccc1C(=O)NCc1nc(C)cs1. The summed E-state index contributed by atoms with van der Waals surface area (Å²) < 4.78 is 0. The number of hydrogen-bond donors (Lipinski definition) is 2. The topological polar surface area (TPSA) is 54.0 Å². The van der Waals surface area contributed by atoms with Crippen LogP contribution < -0.4 is 10.6 Å². The first-order valence-corrected chi connectivity index (χ1v) is 7.60. The molecule has 1 aromatic heterocycles. The first kappa shape index (κ1) is 14.5. The summed E-state index contributed by atoms with van der Waals surface area (Å²) in [5.74, 6) is -0.0722. The minimum Gasteiger partial charge on any atom is -0.384 e. The lowest BCUT2D eigenvalue weighted by Gasteiger charge is -2.11. The number of carbonyl (C=O) groups is 1. The van der Waals surface area contributed by atoms with Crippen molar-refractivity contribution in [3.05, 3.63) is 45.9 Å². The van der Waals surface area contributed by atoms with Crippen molar-refractivity contribution in [3.63, 3.8) is 0 Å². The molecule has 0 fully saturated rings. The standard InChI is InChI=1S/C15H19N3OS/c1-3-8-16-13-7-5-4-6-12(13)15(19)17-9-14-18-11(2)10-20-14/h4-7,10,16H,3,8-9H2,1-2H3,(H,17,19). The molecule has 0 aliphatic carbocycles. The number of anilines is 1. The highest BCUT2D eigenvalue weighted by atomic mass is 32.1. The van der Waals surface area contributed by atoms with E-state index >= 15 is 0 Å². The van der Waals surface area contributed by atoms with Crippen LogP contribution >= 0.6 is 11.3 Å². The van der Waals surface area contributed by atoms with E-state index in [1.54, 1.807) is 11.3 Å². The molecule has 1 heterocycles. The second-order valence-electron chi connectivity index (χ2n) is 4.54. The second-order valence-corrected chi connectivity index (χ2v) is 5.48. The summed E-state index contributed by atoms with van der Waals surface area (Å²) >= 11 is 1.56. The maximum atomic E-state index is 12.2. The predicted molar refractivity (Wildman–Crippen MR) is 83.2 cm³/mol. The smallest absolute Gasteiger partial charge is 0.253 e. The van der Waals surface area contributed by atoms with Crippen LogP contribution in [0.4, 0.5) is 5.69 Å². The van der Waals surface area contributed by atoms with Gasteiger partial charge in [-0.15, -0.1) is 11.3 Å². The predicted octanol–water partition coefficient (Wildman–Crippen LogP) is 3.20. The number of aryl methyl sites for hydroxylation is 1. The highest BCUT2D eigenvalue weighted by Crippen LogP contribution is 2.15. The fourth-order valence-corrected chi connectivity index (χ4v) is 2.54. The van der Waals surface area contributed by atoms with Crippen LogP contribution in [0.3, 0.4) is 0 Å². The third-order valence-electron chi connectivity index (χ3n) is 2.80. The molecular formula is C15H19N3OS. The molecule has 0 unspecified atom stereocenters. The number of hydrogen-bond acceptors (Lipinski definition) is 4. The van der Waals surface area contributed by atoms with Crippen molar-refractivity contribution in [2.24, 2.45) is 0 Å². The fourth-order valence-electron chi connectivity index (χ4n) is 1.83. The molecule has 5 heteroatoms. The molecule has 0 aliphatic heterocycles. The summed E-state index contributed by atoms with van der Waals surface area (Å²) in [7, 11) is 0. The van der Waals surface area contributed by atoms with Crippen LogP contribution in [0.5, 0.6) is 0 Å².